The normalized spacial score (nSPS) is 14.1. The Morgan fingerprint density at radius 2 is 1.44 bits per heavy atom. The molecule has 0 aliphatic carbocycles. The van der Waals surface area contributed by atoms with E-state index in [0.29, 0.717) is 22.2 Å². The van der Waals surface area contributed by atoms with E-state index in [-0.39, 0.29) is 12.1 Å². The highest BCUT2D eigenvalue weighted by Gasteiger charge is 2.16. The summed E-state index contributed by atoms with van der Waals surface area (Å²) in [4.78, 5) is 41.1. The van der Waals surface area contributed by atoms with Crippen molar-refractivity contribution in [3.8, 4) is 5.69 Å². The lowest BCUT2D eigenvalue weighted by atomic mass is 10.1. The van der Waals surface area contributed by atoms with Crippen LogP contribution in [0.1, 0.15) is 40.7 Å². The molecule has 1 aliphatic heterocycles. The van der Waals surface area contributed by atoms with Crippen molar-refractivity contribution in [1.82, 2.24) is 19.5 Å². The number of hydrogen-bond donors (Lipinski definition) is 2. The number of nitrogens with one attached hydrogen (secondary N) is 1. The van der Waals surface area contributed by atoms with E-state index < -0.39 is 11.6 Å². The number of rotatable bonds is 6. The molecule has 2 N–H and O–H groups in total. The molecule has 0 spiro atoms. The predicted molar refractivity (Wildman–Crippen MR) is 138 cm³/mol. The largest absolute Gasteiger partial charge is 0.336 e. The third-order valence-electron chi connectivity index (χ3n) is 6.76. The number of likely N-dealkylation sites (tertiary alicyclic amines) is 1. The van der Waals surface area contributed by atoms with Gasteiger partial charge in [0.15, 0.2) is 0 Å². The zero-order chi connectivity index (χ0) is 25.1. The summed E-state index contributed by atoms with van der Waals surface area (Å²) < 4.78 is 2.79. The fourth-order valence-electron chi connectivity index (χ4n) is 4.84. The molecule has 0 saturated carbocycles. The molecule has 1 aliphatic rings. The van der Waals surface area contributed by atoms with Gasteiger partial charge < -0.3 is 0 Å². The lowest BCUT2D eigenvalue weighted by Crippen LogP contribution is -2.39. The monoisotopic (exact) mass is 484 g/mol. The molecule has 3 aromatic carbocycles. The molecule has 1 fully saturated rings. The summed E-state index contributed by atoms with van der Waals surface area (Å²) in [7, 11) is 0. The molecular formula is C28H28N4O4. The molecular weight excluding hydrogens is 456 g/mol. The Balaban J connectivity index is 1.52. The van der Waals surface area contributed by atoms with E-state index in [2.05, 4.69) is 4.90 Å². The highest BCUT2D eigenvalue weighted by atomic mass is 16.5. The van der Waals surface area contributed by atoms with Crippen LogP contribution in [-0.4, -0.2) is 38.2 Å². The number of piperidine rings is 1. The topological polar surface area (TPSA) is 96.6 Å². The van der Waals surface area contributed by atoms with Crippen LogP contribution < -0.4 is 16.7 Å². The first-order valence-corrected chi connectivity index (χ1v) is 12.1. The Labute approximate surface area is 208 Å². The Kier molecular flexibility index (Phi) is 6.79. The molecule has 1 amide bonds. The molecule has 0 atom stereocenters. The zero-order valence-electron chi connectivity index (χ0n) is 19.9. The van der Waals surface area contributed by atoms with Crippen LogP contribution in [0.4, 0.5) is 0 Å². The van der Waals surface area contributed by atoms with Crippen molar-refractivity contribution in [3.63, 3.8) is 0 Å². The molecule has 5 rings (SSSR count). The third kappa shape index (κ3) is 4.73. The number of amides is 1. The quantitative estimate of drug-likeness (QED) is 0.323. The Morgan fingerprint density at radius 3 is 2.14 bits per heavy atom. The standard InChI is InChI=1S/C28H28N4O4/c33-26(29-36)22-12-8-21(9-13-22)19-31-25-7-3-2-6-24(25)27(34)32(28(31)35)23-14-10-20(11-15-23)18-30-16-4-1-5-17-30/h2-3,6-15,36H,1,4-5,16-19H2,(H,29,33). The smallest absolute Gasteiger partial charge is 0.299 e. The van der Waals surface area contributed by atoms with Crippen LogP contribution in [0.25, 0.3) is 16.6 Å². The summed E-state index contributed by atoms with van der Waals surface area (Å²) >= 11 is 0. The zero-order valence-corrected chi connectivity index (χ0v) is 19.9. The first-order valence-electron chi connectivity index (χ1n) is 12.1. The van der Waals surface area contributed by atoms with Gasteiger partial charge in [0.05, 0.1) is 23.1 Å². The summed E-state index contributed by atoms with van der Waals surface area (Å²) in [5.74, 6) is -0.610. The van der Waals surface area contributed by atoms with Crippen molar-refractivity contribution < 1.29 is 10.0 Å². The van der Waals surface area contributed by atoms with Crippen molar-refractivity contribution >= 4 is 16.8 Å². The molecule has 0 radical (unpaired) electrons. The van der Waals surface area contributed by atoms with Crippen LogP contribution in [0.15, 0.2) is 82.4 Å². The van der Waals surface area contributed by atoms with E-state index in [9.17, 15) is 14.4 Å². The van der Waals surface area contributed by atoms with Crippen molar-refractivity contribution in [2.75, 3.05) is 13.1 Å². The number of benzene rings is 3. The minimum Gasteiger partial charge on any atom is -0.299 e. The van der Waals surface area contributed by atoms with Gasteiger partial charge in [-0.25, -0.2) is 14.8 Å². The predicted octanol–water partition coefficient (Wildman–Crippen LogP) is 3.31. The number of fused-ring (bicyclic) bond motifs is 1. The molecule has 4 aromatic rings. The van der Waals surface area contributed by atoms with E-state index >= 15 is 0 Å². The number of hydrogen-bond acceptors (Lipinski definition) is 5. The van der Waals surface area contributed by atoms with Gasteiger partial charge in [-0.3, -0.25) is 24.3 Å². The van der Waals surface area contributed by atoms with Gasteiger partial charge in [0.2, 0.25) is 0 Å². The number of carbonyl (C=O) groups excluding carboxylic acids is 1. The van der Waals surface area contributed by atoms with Gasteiger partial charge in [-0.2, -0.15) is 0 Å². The maximum atomic E-state index is 13.7. The second kappa shape index (κ2) is 10.3. The number of hydroxylamine groups is 1. The molecule has 0 unspecified atom stereocenters. The summed E-state index contributed by atoms with van der Waals surface area (Å²) in [5.41, 5.74) is 4.12. The van der Waals surface area contributed by atoms with Crippen LogP contribution in [0.2, 0.25) is 0 Å². The molecule has 1 saturated heterocycles. The lowest BCUT2D eigenvalue weighted by Gasteiger charge is -2.26. The van der Waals surface area contributed by atoms with E-state index in [0.717, 1.165) is 30.8 Å². The van der Waals surface area contributed by atoms with Gasteiger partial charge in [0.1, 0.15) is 0 Å². The van der Waals surface area contributed by atoms with Crippen molar-refractivity contribution in [2.24, 2.45) is 0 Å². The average Bonchev–Trinajstić information content (AvgIpc) is 2.92. The van der Waals surface area contributed by atoms with Crippen LogP contribution in [-0.2, 0) is 13.1 Å². The fraction of sp³-hybridized carbons (Fsp3) is 0.250. The fourth-order valence-corrected chi connectivity index (χ4v) is 4.84. The van der Waals surface area contributed by atoms with E-state index in [4.69, 9.17) is 5.21 Å². The summed E-state index contributed by atoms with van der Waals surface area (Å²) in [6.45, 7) is 3.28. The van der Waals surface area contributed by atoms with Crippen LogP contribution in [0, 0.1) is 0 Å². The van der Waals surface area contributed by atoms with Gasteiger partial charge in [0.25, 0.3) is 11.5 Å². The van der Waals surface area contributed by atoms with Crippen LogP contribution in [0.5, 0.6) is 0 Å². The molecule has 36 heavy (non-hydrogen) atoms. The number of aromatic nitrogens is 2. The first-order chi connectivity index (χ1) is 17.5. The van der Waals surface area contributed by atoms with Crippen molar-refractivity contribution in [1.29, 1.82) is 0 Å². The number of carbonyl (C=O) groups is 1. The highest BCUT2D eigenvalue weighted by Crippen LogP contribution is 2.16. The van der Waals surface area contributed by atoms with Gasteiger partial charge in [-0.15, -0.1) is 0 Å². The van der Waals surface area contributed by atoms with Crippen LogP contribution >= 0.6 is 0 Å². The van der Waals surface area contributed by atoms with Crippen molar-refractivity contribution in [2.45, 2.75) is 32.4 Å². The molecule has 2 heterocycles. The summed E-state index contributed by atoms with van der Waals surface area (Å²) in [6, 6.07) is 21.3. The van der Waals surface area contributed by atoms with E-state index in [1.165, 1.54) is 23.8 Å². The molecule has 184 valence electrons. The minimum absolute atomic E-state index is 0.216. The SMILES string of the molecule is O=C(NO)c1ccc(Cn2c(=O)n(-c3ccc(CN4CCCCC4)cc3)c(=O)c3ccccc32)cc1. The second-order valence-electron chi connectivity index (χ2n) is 9.17. The van der Waals surface area contributed by atoms with Gasteiger partial charge >= 0.3 is 5.69 Å². The number of para-hydroxylation sites is 1. The van der Waals surface area contributed by atoms with E-state index in [1.807, 2.05) is 24.3 Å². The van der Waals surface area contributed by atoms with Gasteiger partial charge in [-0.05, 0) is 73.5 Å². The lowest BCUT2D eigenvalue weighted by molar-refractivity contribution is 0.0706. The van der Waals surface area contributed by atoms with Gasteiger partial charge in [0, 0.05) is 12.1 Å². The minimum atomic E-state index is -0.610. The molecule has 1 aromatic heterocycles. The Morgan fingerprint density at radius 1 is 0.806 bits per heavy atom. The van der Waals surface area contributed by atoms with E-state index in [1.54, 1.807) is 58.6 Å². The molecule has 8 nitrogen and oxygen atoms in total. The summed E-state index contributed by atoms with van der Waals surface area (Å²) in [5, 5.41) is 9.28. The van der Waals surface area contributed by atoms with Crippen LogP contribution in [0.3, 0.4) is 0 Å². The average molecular weight is 485 g/mol. The molecule has 0 bridgehead atoms. The highest BCUT2D eigenvalue weighted by molar-refractivity contribution is 5.93. The number of nitrogens with zero attached hydrogens (tertiary/aromatic N) is 3. The Hall–Kier alpha value is -4.01. The third-order valence-corrected chi connectivity index (χ3v) is 6.76. The first kappa shape index (κ1) is 23.7. The Bertz CT molecular complexity index is 1500. The maximum Gasteiger partial charge on any atom is 0.336 e. The second-order valence-corrected chi connectivity index (χ2v) is 9.17. The maximum absolute atomic E-state index is 13.7. The van der Waals surface area contributed by atoms with Gasteiger partial charge in [-0.1, -0.05) is 42.8 Å². The van der Waals surface area contributed by atoms with Crippen molar-refractivity contribution in [3.05, 3.63) is 110 Å². The molecule has 8 heteroatoms. The summed E-state index contributed by atoms with van der Waals surface area (Å²) in [6.07, 6.45) is 3.73.